The van der Waals surface area contributed by atoms with Gasteiger partial charge in [0, 0.05) is 52.0 Å². The van der Waals surface area contributed by atoms with Gasteiger partial charge in [-0.1, -0.05) is 12.1 Å². The average molecular weight is 359 g/mol. The number of aliphatic carboxylic acids is 1. The summed E-state index contributed by atoms with van der Waals surface area (Å²) in [6.45, 7) is 0. The van der Waals surface area contributed by atoms with Crippen molar-refractivity contribution in [1.29, 1.82) is 0 Å². The van der Waals surface area contributed by atoms with E-state index in [0.29, 0.717) is 18.7 Å². The van der Waals surface area contributed by atoms with E-state index in [9.17, 15) is 4.79 Å². The first-order chi connectivity index (χ1) is 13.2. The molecule has 0 saturated heterocycles. The van der Waals surface area contributed by atoms with Crippen molar-refractivity contribution in [2.75, 3.05) is 0 Å². The summed E-state index contributed by atoms with van der Waals surface area (Å²) in [5, 5.41) is 11.2. The number of rotatable bonds is 4. The zero-order chi connectivity index (χ0) is 18.4. The number of nitrogens with one attached hydrogen (secondary N) is 1. The highest BCUT2D eigenvalue weighted by molar-refractivity contribution is 6.07. The second-order valence-corrected chi connectivity index (χ2v) is 6.94. The van der Waals surface area contributed by atoms with E-state index >= 15 is 0 Å². The van der Waals surface area contributed by atoms with Crippen molar-refractivity contribution in [2.24, 2.45) is 5.92 Å². The van der Waals surface area contributed by atoms with Crippen LogP contribution in [0.3, 0.4) is 0 Å². The monoisotopic (exact) mass is 359 g/mol. The third-order valence-corrected chi connectivity index (χ3v) is 5.20. The van der Waals surface area contributed by atoms with E-state index in [1.165, 1.54) is 0 Å². The van der Waals surface area contributed by atoms with Crippen LogP contribution in [-0.2, 0) is 4.79 Å². The normalized spacial score (nSPS) is 19.1. The maximum atomic E-state index is 10.9. The van der Waals surface area contributed by atoms with E-state index in [1.807, 2.05) is 24.4 Å². The van der Waals surface area contributed by atoms with E-state index in [0.717, 1.165) is 32.9 Å². The molecule has 4 aromatic rings. The lowest BCUT2D eigenvalue weighted by Crippen LogP contribution is -2.38. The molecule has 0 radical (unpaired) electrons. The average Bonchev–Trinajstić information content (AvgIpc) is 3.02. The summed E-state index contributed by atoms with van der Waals surface area (Å²) >= 11 is 0. The van der Waals surface area contributed by atoms with Crippen LogP contribution in [-0.4, -0.2) is 32.1 Å². The van der Waals surface area contributed by atoms with Crippen LogP contribution in [0.25, 0.3) is 32.9 Å². The number of aromatic nitrogens is 3. The largest absolute Gasteiger partial charge is 0.481 e. The highest BCUT2D eigenvalue weighted by atomic mass is 16.5. The Morgan fingerprint density at radius 1 is 1.04 bits per heavy atom. The number of carboxylic acid groups (broad SMARTS) is 1. The van der Waals surface area contributed by atoms with Gasteiger partial charge in [-0.05, 0) is 36.6 Å². The minimum Gasteiger partial charge on any atom is -0.481 e. The zero-order valence-corrected chi connectivity index (χ0v) is 14.4. The Morgan fingerprint density at radius 2 is 1.89 bits per heavy atom. The first-order valence-corrected chi connectivity index (χ1v) is 8.89. The van der Waals surface area contributed by atoms with Gasteiger partial charge in [0.05, 0.1) is 5.92 Å². The molecule has 0 bridgehead atoms. The first kappa shape index (κ1) is 15.8. The van der Waals surface area contributed by atoms with E-state index < -0.39 is 5.97 Å². The third kappa shape index (κ3) is 2.79. The van der Waals surface area contributed by atoms with E-state index in [4.69, 9.17) is 9.84 Å². The van der Waals surface area contributed by atoms with Gasteiger partial charge in [0.15, 0.2) is 0 Å². The van der Waals surface area contributed by atoms with Gasteiger partial charge in [0.25, 0.3) is 0 Å². The molecule has 6 heteroatoms. The van der Waals surface area contributed by atoms with Gasteiger partial charge in [-0.2, -0.15) is 0 Å². The molecular weight excluding hydrogens is 342 g/mol. The smallest absolute Gasteiger partial charge is 0.306 e. The molecule has 1 fully saturated rings. The molecule has 1 aliphatic carbocycles. The van der Waals surface area contributed by atoms with Crippen LogP contribution < -0.4 is 4.74 Å². The van der Waals surface area contributed by atoms with Crippen molar-refractivity contribution in [3.63, 3.8) is 0 Å². The van der Waals surface area contributed by atoms with E-state index in [-0.39, 0.29) is 12.0 Å². The van der Waals surface area contributed by atoms with E-state index in [1.54, 1.807) is 12.4 Å². The minimum atomic E-state index is -0.749. The summed E-state index contributed by atoms with van der Waals surface area (Å²) in [5.74, 6) is -0.501. The summed E-state index contributed by atoms with van der Waals surface area (Å²) in [4.78, 5) is 22.9. The summed E-state index contributed by atoms with van der Waals surface area (Å²) < 4.78 is 5.74. The standard InChI is InChI=1S/C21H17N3O3/c25-21(26)14-7-15(8-14)27-20-4-2-13(10-23-20)12-1-3-16-17-11-22-6-5-18(17)24-19(16)9-12/h1-6,9-11,14-15,24H,7-8H2,(H,25,26). The fraction of sp³-hybridized carbons (Fsp3) is 0.190. The van der Waals surface area contributed by atoms with Gasteiger partial charge in [-0.15, -0.1) is 0 Å². The molecule has 27 heavy (non-hydrogen) atoms. The molecule has 1 saturated carbocycles. The number of ether oxygens (including phenoxy) is 1. The molecule has 2 N–H and O–H groups in total. The molecule has 0 spiro atoms. The quantitative estimate of drug-likeness (QED) is 0.574. The third-order valence-electron chi connectivity index (χ3n) is 5.20. The zero-order valence-electron chi connectivity index (χ0n) is 14.4. The first-order valence-electron chi connectivity index (χ1n) is 8.89. The molecule has 6 nitrogen and oxygen atoms in total. The lowest BCUT2D eigenvalue weighted by molar-refractivity contribution is -0.148. The minimum absolute atomic E-state index is 0.0549. The van der Waals surface area contributed by atoms with Crippen LogP contribution in [0.1, 0.15) is 12.8 Å². The Morgan fingerprint density at radius 3 is 2.67 bits per heavy atom. The van der Waals surface area contributed by atoms with Crippen molar-refractivity contribution >= 4 is 27.8 Å². The van der Waals surface area contributed by atoms with Gasteiger partial charge in [-0.3, -0.25) is 9.78 Å². The fourth-order valence-electron chi connectivity index (χ4n) is 3.58. The highest BCUT2D eigenvalue weighted by Gasteiger charge is 2.36. The van der Waals surface area contributed by atoms with Gasteiger partial charge in [0.2, 0.25) is 5.88 Å². The van der Waals surface area contributed by atoms with Crippen molar-refractivity contribution in [2.45, 2.75) is 18.9 Å². The van der Waals surface area contributed by atoms with Crippen molar-refractivity contribution in [3.05, 3.63) is 55.0 Å². The van der Waals surface area contributed by atoms with Crippen LogP contribution in [0.2, 0.25) is 0 Å². The summed E-state index contributed by atoms with van der Waals surface area (Å²) in [5.41, 5.74) is 4.19. The van der Waals surface area contributed by atoms with Gasteiger partial charge in [0.1, 0.15) is 6.10 Å². The molecule has 1 aliphatic rings. The molecule has 1 aromatic carbocycles. The number of benzene rings is 1. The SMILES string of the molecule is O=C(O)C1CC(Oc2ccc(-c3ccc4c(c3)[nH]c3ccncc34)cn2)C1. The maximum absolute atomic E-state index is 10.9. The Bertz CT molecular complexity index is 1140. The number of fused-ring (bicyclic) bond motifs is 3. The summed E-state index contributed by atoms with van der Waals surface area (Å²) in [6.07, 6.45) is 6.48. The lowest BCUT2D eigenvalue weighted by Gasteiger charge is -2.31. The number of hydrogen-bond donors (Lipinski definition) is 2. The Balaban J connectivity index is 1.37. The van der Waals surface area contributed by atoms with Crippen LogP contribution in [0.15, 0.2) is 55.0 Å². The van der Waals surface area contributed by atoms with Crippen molar-refractivity contribution < 1.29 is 14.6 Å². The van der Waals surface area contributed by atoms with E-state index in [2.05, 4.69) is 33.2 Å². The maximum Gasteiger partial charge on any atom is 0.306 e. The molecular formula is C21H17N3O3. The number of aromatic amines is 1. The molecule has 0 amide bonds. The van der Waals surface area contributed by atoms with Crippen LogP contribution >= 0.6 is 0 Å². The molecule has 0 unspecified atom stereocenters. The molecule has 134 valence electrons. The topological polar surface area (TPSA) is 88.1 Å². The molecule has 3 aromatic heterocycles. The Labute approximate surface area is 154 Å². The molecule has 3 heterocycles. The summed E-state index contributed by atoms with van der Waals surface area (Å²) in [6, 6.07) is 12.1. The van der Waals surface area contributed by atoms with Crippen molar-refractivity contribution in [3.8, 4) is 17.0 Å². The fourth-order valence-corrected chi connectivity index (χ4v) is 3.58. The van der Waals surface area contributed by atoms with Gasteiger partial charge < -0.3 is 14.8 Å². The predicted octanol–water partition coefficient (Wildman–Crippen LogP) is 4.02. The number of hydrogen-bond acceptors (Lipinski definition) is 4. The highest BCUT2D eigenvalue weighted by Crippen LogP contribution is 2.32. The second-order valence-electron chi connectivity index (χ2n) is 6.94. The molecule has 5 rings (SSSR count). The number of carboxylic acids is 1. The molecule has 0 aliphatic heterocycles. The number of pyridine rings is 2. The Hall–Kier alpha value is -3.41. The van der Waals surface area contributed by atoms with Crippen LogP contribution in [0, 0.1) is 5.92 Å². The predicted molar refractivity (Wildman–Crippen MR) is 102 cm³/mol. The van der Waals surface area contributed by atoms with Crippen LogP contribution in [0.5, 0.6) is 5.88 Å². The Kier molecular flexibility index (Phi) is 3.57. The van der Waals surface area contributed by atoms with Crippen LogP contribution in [0.4, 0.5) is 0 Å². The number of nitrogens with zero attached hydrogens (tertiary/aromatic N) is 2. The second kappa shape index (κ2) is 6.09. The summed E-state index contributed by atoms with van der Waals surface area (Å²) in [7, 11) is 0. The molecule has 0 atom stereocenters. The van der Waals surface area contributed by atoms with Crippen molar-refractivity contribution in [1.82, 2.24) is 15.0 Å². The lowest BCUT2D eigenvalue weighted by atomic mass is 9.82. The number of carbonyl (C=O) groups is 1. The number of H-pyrrole nitrogens is 1. The van der Waals surface area contributed by atoms with Gasteiger partial charge >= 0.3 is 5.97 Å². The van der Waals surface area contributed by atoms with Gasteiger partial charge in [-0.25, -0.2) is 4.98 Å².